The van der Waals surface area contributed by atoms with Gasteiger partial charge in [0.05, 0.1) is 23.0 Å². The van der Waals surface area contributed by atoms with Gasteiger partial charge in [0.1, 0.15) is 0 Å². The summed E-state index contributed by atoms with van der Waals surface area (Å²) in [6, 6.07) is 2.70. The first-order valence-corrected chi connectivity index (χ1v) is 6.81. The number of β-amino-alcohol motifs (C(OH)–C–C–N with tert-alkyl or cyclic N) is 1. The Morgan fingerprint density at radius 1 is 1.41 bits per heavy atom. The summed E-state index contributed by atoms with van der Waals surface area (Å²) in [5.74, 6) is 0. The molecule has 122 valence electrons. The average Bonchev–Trinajstić information content (AvgIpc) is 2.84. The first-order valence-electron chi connectivity index (χ1n) is 6.81. The molecule has 5 nitrogen and oxygen atoms in total. The highest BCUT2D eigenvalue weighted by Gasteiger charge is 2.32. The standard InChI is InChI=1S/C14H18F3N3O2/c1-19(2)12-4-3-9(14(15,16)17)7-11(12)18-13(22)20-6-5-10(21)8-20/h3-4,7,10,21H,5-6,8H2,1-2H3,(H,18,22)/t10-/m0/s1. The van der Waals surface area contributed by atoms with E-state index in [1.54, 1.807) is 19.0 Å². The van der Waals surface area contributed by atoms with Crippen LogP contribution in [-0.4, -0.2) is 49.3 Å². The van der Waals surface area contributed by atoms with Crippen molar-refractivity contribution >= 4 is 17.4 Å². The maximum Gasteiger partial charge on any atom is 0.416 e. The van der Waals surface area contributed by atoms with Gasteiger partial charge in [-0.25, -0.2) is 4.79 Å². The molecule has 1 saturated heterocycles. The number of carbonyl (C=O) groups excluding carboxylic acids is 1. The predicted octanol–water partition coefficient (Wildman–Crippen LogP) is 2.37. The molecule has 2 rings (SSSR count). The topological polar surface area (TPSA) is 55.8 Å². The molecule has 1 heterocycles. The SMILES string of the molecule is CN(C)c1ccc(C(F)(F)F)cc1NC(=O)N1CC[C@H](O)C1. The number of halogens is 3. The molecule has 1 aromatic rings. The molecule has 0 aromatic heterocycles. The first kappa shape index (κ1) is 16.4. The number of urea groups is 1. The highest BCUT2D eigenvalue weighted by Crippen LogP contribution is 2.35. The van der Waals surface area contributed by atoms with Gasteiger partial charge in [0.25, 0.3) is 0 Å². The third-order valence-electron chi connectivity index (χ3n) is 3.50. The van der Waals surface area contributed by atoms with Gasteiger partial charge in [0, 0.05) is 27.2 Å². The van der Waals surface area contributed by atoms with Crippen molar-refractivity contribution in [3.05, 3.63) is 23.8 Å². The predicted molar refractivity (Wildman–Crippen MR) is 77.0 cm³/mol. The molecule has 0 bridgehead atoms. The molecule has 1 aromatic carbocycles. The van der Waals surface area contributed by atoms with E-state index in [-0.39, 0.29) is 12.2 Å². The van der Waals surface area contributed by atoms with Crippen molar-refractivity contribution in [3.8, 4) is 0 Å². The van der Waals surface area contributed by atoms with Crippen molar-refractivity contribution in [2.45, 2.75) is 18.7 Å². The van der Waals surface area contributed by atoms with Crippen LogP contribution in [0.15, 0.2) is 18.2 Å². The Hall–Kier alpha value is -1.96. The number of amides is 2. The van der Waals surface area contributed by atoms with Gasteiger partial charge in [0.15, 0.2) is 0 Å². The lowest BCUT2D eigenvalue weighted by atomic mass is 10.1. The van der Waals surface area contributed by atoms with E-state index in [1.165, 1.54) is 11.0 Å². The Kier molecular flexibility index (Phi) is 4.50. The van der Waals surface area contributed by atoms with Crippen molar-refractivity contribution in [2.75, 3.05) is 37.4 Å². The molecule has 1 aliphatic rings. The minimum Gasteiger partial charge on any atom is -0.391 e. The Bertz CT molecular complexity index is 561. The molecule has 0 spiro atoms. The van der Waals surface area contributed by atoms with Crippen LogP contribution in [0.2, 0.25) is 0 Å². The normalized spacial score (nSPS) is 18.5. The van der Waals surface area contributed by atoms with Crippen LogP contribution in [0.1, 0.15) is 12.0 Å². The zero-order chi connectivity index (χ0) is 16.5. The fraction of sp³-hybridized carbons (Fsp3) is 0.500. The molecular formula is C14H18F3N3O2. The van der Waals surface area contributed by atoms with E-state index in [4.69, 9.17) is 0 Å². The summed E-state index contributed by atoms with van der Waals surface area (Å²) in [6.45, 7) is 0.561. The molecule has 2 amide bonds. The molecular weight excluding hydrogens is 299 g/mol. The van der Waals surface area contributed by atoms with Gasteiger partial charge in [-0.2, -0.15) is 13.2 Å². The lowest BCUT2D eigenvalue weighted by Gasteiger charge is -2.22. The van der Waals surface area contributed by atoms with Crippen molar-refractivity contribution in [3.63, 3.8) is 0 Å². The quantitative estimate of drug-likeness (QED) is 0.880. The maximum absolute atomic E-state index is 12.8. The summed E-state index contributed by atoms with van der Waals surface area (Å²) in [4.78, 5) is 15.1. The average molecular weight is 317 g/mol. The van der Waals surface area contributed by atoms with Crippen molar-refractivity contribution in [1.82, 2.24) is 4.90 Å². The molecule has 0 aliphatic carbocycles. The fourth-order valence-corrected chi connectivity index (χ4v) is 2.32. The van der Waals surface area contributed by atoms with Crippen LogP contribution in [0.5, 0.6) is 0 Å². The van der Waals surface area contributed by atoms with Crippen LogP contribution in [-0.2, 0) is 6.18 Å². The van der Waals surface area contributed by atoms with Crippen LogP contribution >= 0.6 is 0 Å². The number of nitrogens with one attached hydrogen (secondary N) is 1. The third kappa shape index (κ3) is 3.62. The fourth-order valence-electron chi connectivity index (χ4n) is 2.32. The van der Waals surface area contributed by atoms with Gasteiger partial charge in [-0.1, -0.05) is 0 Å². The van der Waals surface area contributed by atoms with Crippen LogP contribution in [0, 0.1) is 0 Å². The number of aliphatic hydroxyl groups is 1. The van der Waals surface area contributed by atoms with Crippen LogP contribution in [0.4, 0.5) is 29.3 Å². The van der Waals surface area contributed by atoms with E-state index in [2.05, 4.69) is 5.32 Å². The van der Waals surface area contributed by atoms with Gasteiger partial charge >= 0.3 is 12.2 Å². The largest absolute Gasteiger partial charge is 0.416 e. The molecule has 0 unspecified atom stereocenters. The number of aliphatic hydroxyl groups excluding tert-OH is 1. The highest BCUT2D eigenvalue weighted by atomic mass is 19.4. The van der Waals surface area contributed by atoms with Crippen molar-refractivity contribution < 1.29 is 23.1 Å². The van der Waals surface area contributed by atoms with Crippen LogP contribution < -0.4 is 10.2 Å². The summed E-state index contributed by atoms with van der Waals surface area (Å²) in [5, 5.41) is 11.9. The van der Waals surface area contributed by atoms with Crippen molar-refractivity contribution in [2.24, 2.45) is 0 Å². The molecule has 1 fully saturated rings. The van der Waals surface area contributed by atoms with E-state index in [9.17, 15) is 23.1 Å². The second-order valence-electron chi connectivity index (χ2n) is 5.44. The van der Waals surface area contributed by atoms with Gasteiger partial charge in [-0.15, -0.1) is 0 Å². The molecule has 2 N–H and O–H groups in total. The molecule has 0 saturated carbocycles. The first-order chi connectivity index (χ1) is 10.2. The van der Waals surface area contributed by atoms with Gasteiger partial charge < -0.3 is 20.2 Å². The monoisotopic (exact) mass is 317 g/mol. The van der Waals surface area contributed by atoms with Crippen LogP contribution in [0.25, 0.3) is 0 Å². The highest BCUT2D eigenvalue weighted by molar-refractivity contribution is 5.93. The number of anilines is 2. The zero-order valence-electron chi connectivity index (χ0n) is 12.3. The van der Waals surface area contributed by atoms with E-state index in [0.29, 0.717) is 18.7 Å². The lowest BCUT2D eigenvalue weighted by Crippen LogP contribution is -2.34. The zero-order valence-corrected chi connectivity index (χ0v) is 12.3. The van der Waals surface area contributed by atoms with Gasteiger partial charge in [-0.3, -0.25) is 0 Å². The molecule has 22 heavy (non-hydrogen) atoms. The number of hydrogen-bond acceptors (Lipinski definition) is 3. The van der Waals surface area contributed by atoms with E-state index in [0.717, 1.165) is 12.1 Å². The Labute approximate surface area is 126 Å². The molecule has 1 aliphatic heterocycles. The number of carbonyl (C=O) groups is 1. The van der Waals surface area contributed by atoms with Gasteiger partial charge in [-0.05, 0) is 24.6 Å². The second-order valence-corrected chi connectivity index (χ2v) is 5.44. The summed E-state index contributed by atoms with van der Waals surface area (Å²) in [5.41, 5.74) is -0.262. The van der Waals surface area contributed by atoms with E-state index in [1.807, 2.05) is 0 Å². The van der Waals surface area contributed by atoms with E-state index < -0.39 is 23.9 Å². The Morgan fingerprint density at radius 2 is 2.09 bits per heavy atom. The van der Waals surface area contributed by atoms with E-state index >= 15 is 0 Å². The molecule has 0 radical (unpaired) electrons. The summed E-state index contributed by atoms with van der Waals surface area (Å²) < 4.78 is 38.5. The Morgan fingerprint density at radius 3 is 2.59 bits per heavy atom. The number of hydrogen-bond donors (Lipinski definition) is 2. The molecule has 1 atom stereocenters. The summed E-state index contributed by atoms with van der Waals surface area (Å²) in [6.07, 6.45) is -4.59. The van der Waals surface area contributed by atoms with Gasteiger partial charge in [0.2, 0.25) is 0 Å². The smallest absolute Gasteiger partial charge is 0.391 e. The number of alkyl halides is 3. The third-order valence-corrected chi connectivity index (χ3v) is 3.50. The number of benzene rings is 1. The maximum atomic E-state index is 12.8. The summed E-state index contributed by atoms with van der Waals surface area (Å²) >= 11 is 0. The Balaban J connectivity index is 2.25. The number of rotatable bonds is 2. The van der Waals surface area contributed by atoms with Crippen molar-refractivity contribution in [1.29, 1.82) is 0 Å². The van der Waals surface area contributed by atoms with Crippen LogP contribution in [0.3, 0.4) is 0 Å². The summed E-state index contributed by atoms with van der Waals surface area (Å²) in [7, 11) is 3.36. The lowest BCUT2D eigenvalue weighted by molar-refractivity contribution is -0.137. The molecule has 8 heteroatoms. The minimum absolute atomic E-state index is 0.0891. The second kappa shape index (κ2) is 6.04. The number of likely N-dealkylation sites (tertiary alicyclic amines) is 1. The minimum atomic E-state index is -4.48. The number of nitrogens with zero attached hydrogens (tertiary/aromatic N) is 2.